The van der Waals surface area contributed by atoms with E-state index in [1.165, 1.54) is 4.90 Å². The standard InChI is InChI=1S/C17H20Cl2N6O5/c18-2-7-23(8-3-19)15-10-13(14(24(27)28)11-16(15)25(29)30)17(26)21-4-1-6-22-9-5-20-12-22/h5,9-12H,1-4,6-8H2,(H,21,26). The summed E-state index contributed by atoms with van der Waals surface area (Å²) < 4.78 is 1.83. The third-order valence-corrected chi connectivity index (χ3v) is 4.56. The molecule has 0 bridgehead atoms. The molecule has 1 aromatic carbocycles. The van der Waals surface area contributed by atoms with Crippen LogP contribution in [-0.4, -0.2) is 56.7 Å². The molecule has 1 amide bonds. The molecule has 30 heavy (non-hydrogen) atoms. The van der Waals surface area contributed by atoms with Gasteiger partial charge in [-0.1, -0.05) is 0 Å². The number of amides is 1. The molecule has 0 saturated heterocycles. The molecule has 162 valence electrons. The van der Waals surface area contributed by atoms with Crippen molar-refractivity contribution in [3.05, 3.63) is 56.6 Å². The smallest absolute Gasteiger partial charge is 0.299 e. The Hall–Kier alpha value is -2.92. The lowest BCUT2D eigenvalue weighted by Crippen LogP contribution is -2.30. The fraction of sp³-hybridized carbons (Fsp3) is 0.412. The number of alkyl halides is 2. The Kier molecular flexibility index (Phi) is 8.81. The largest absolute Gasteiger partial charge is 0.364 e. The first kappa shape index (κ1) is 23.4. The molecule has 1 heterocycles. The number of nitrogens with zero attached hydrogens (tertiary/aromatic N) is 5. The summed E-state index contributed by atoms with van der Waals surface area (Å²) in [6.45, 7) is 1.30. The second kappa shape index (κ2) is 11.3. The first-order valence-corrected chi connectivity index (χ1v) is 10.0. The summed E-state index contributed by atoms with van der Waals surface area (Å²) in [5.74, 6) is -0.387. The highest BCUT2D eigenvalue weighted by atomic mass is 35.5. The molecule has 13 heteroatoms. The first-order valence-electron chi connectivity index (χ1n) is 8.96. The number of aryl methyl sites for hydroxylation is 1. The lowest BCUT2D eigenvalue weighted by atomic mass is 10.1. The van der Waals surface area contributed by atoms with Crippen LogP contribution in [0.3, 0.4) is 0 Å². The number of nitrogens with one attached hydrogen (secondary N) is 1. The summed E-state index contributed by atoms with van der Waals surface area (Å²) in [5.41, 5.74) is -1.35. The predicted molar refractivity (Wildman–Crippen MR) is 113 cm³/mol. The molecule has 1 N–H and O–H groups in total. The summed E-state index contributed by atoms with van der Waals surface area (Å²) in [4.78, 5) is 39.5. The van der Waals surface area contributed by atoms with Crippen molar-refractivity contribution in [2.24, 2.45) is 0 Å². The molecule has 0 saturated carbocycles. The van der Waals surface area contributed by atoms with Gasteiger partial charge < -0.3 is 14.8 Å². The molecule has 0 aliphatic carbocycles. The van der Waals surface area contributed by atoms with Gasteiger partial charge >= 0.3 is 0 Å². The lowest BCUT2D eigenvalue weighted by Gasteiger charge is -2.23. The number of halogens is 2. The SMILES string of the molecule is O=C(NCCCn1ccnc1)c1cc(N(CCCl)CCCl)c([N+](=O)[O-])cc1[N+](=O)[O-]. The summed E-state index contributed by atoms with van der Waals surface area (Å²) in [6.07, 6.45) is 5.61. The molecule has 2 rings (SSSR count). The normalized spacial score (nSPS) is 10.6. The minimum Gasteiger partial charge on any atom is -0.364 e. The highest BCUT2D eigenvalue weighted by Crippen LogP contribution is 2.35. The van der Waals surface area contributed by atoms with Gasteiger partial charge in [0, 0.05) is 50.3 Å². The van der Waals surface area contributed by atoms with Crippen LogP contribution in [0, 0.1) is 20.2 Å². The van der Waals surface area contributed by atoms with Crippen molar-refractivity contribution >= 4 is 46.2 Å². The minimum atomic E-state index is -0.815. The number of nitro benzene ring substituents is 2. The number of anilines is 1. The second-order valence-corrected chi connectivity index (χ2v) is 6.90. The predicted octanol–water partition coefficient (Wildman–Crippen LogP) is 2.80. The zero-order chi connectivity index (χ0) is 22.1. The maximum absolute atomic E-state index is 12.6. The molecule has 0 atom stereocenters. The van der Waals surface area contributed by atoms with E-state index < -0.39 is 27.1 Å². The van der Waals surface area contributed by atoms with Crippen LogP contribution in [0.2, 0.25) is 0 Å². The fourth-order valence-corrected chi connectivity index (χ4v) is 3.24. The molecule has 11 nitrogen and oxygen atoms in total. The average Bonchev–Trinajstić information content (AvgIpc) is 3.23. The van der Waals surface area contributed by atoms with Gasteiger partial charge in [-0.15, -0.1) is 23.2 Å². The summed E-state index contributed by atoms with van der Waals surface area (Å²) in [7, 11) is 0. The van der Waals surface area contributed by atoms with Crippen LogP contribution in [0.1, 0.15) is 16.8 Å². The number of rotatable bonds is 12. The van der Waals surface area contributed by atoms with Crippen molar-refractivity contribution in [2.45, 2.75) is 13.0 Å². The number of benzene rings is 1. The van der Waals surface area contributed by atoms with E-state index in [-0.39, 0.29) is 42.6 Å². The summed E-state index contributed by atoms with van der Waals surface area (Å²) in [5, 5.41) is 25.6. The van der Waals surface area contributed by atoms with Crippen molar-refractivity contribution < 1.29 is 14.6 Å². The third kappa shape index (κ3) is 6.04. The molecule has 0 spiro atoms. The van der Waals surface area contributed by atoms with Crippen LogP contribution in [-0.2, 0) is 6.54 Å². The number of imidazole rings is 1. The van der Waals surface area contributed by atoms with Crippen LogP contribution in [0.4, 0.5) is 17.1 Å². The van der Waals surface area contributed by atoms with Crippen molar-refractivity contribution in [3.63, 3.8) is 0 Å². The van der Waals surface area contributed by atoms with Gasteiger partial charge in [0.25, 0.3) is 17.3 Å². The van der Waals surface area contributed by atoms with Crippen LogP contribution < -0.4 is 10.2 Å². The molecule has 0 radical (unpaired) electrons. The molecule has 2 aromatic rings. The van der Waals surface area contributed by atoms with Crippen molar-refractivity contribution in [1.82, 2.24) is 14.9 Å². The zero-order valence-electron chi connectivity index (χ0n) is 15.9. The Morgan fingerprint density at radius 3 is 2.33 bits per heavy atom. The second-order valence-electron chi connectivity index (χ2n) is 6.15. The molecule has 0 aliphatic heterocycles. The van der Waals surface area contributed by atoms with Gasteiger partial charge in [-0.2, -0.15) is 0 Å². The van der Waals surface area contributed by atoms with Crippen LogP contribution >= 0.6 is 23.2 Å². The number of hydrogen-bond acceptors (Lipinski definition) is 7. The topological polar surface area (TPSA) is 136 Å². The van der Waals surface area contributed by atoms with E-state index in [1.54, 1.807) is 18.7 Å². The summed E-state index contributed by atoms with van der Waals surface area (Å²) >= 11 is 11.6. The Labute approximate surface area is 181 Å². The Bertz CT molecular complexity index is 887. The first-order chi connectivity index (χ1) is 14.4. The highest BCUT2D eigenvalue weighted by molar-refractivity contribution is 6.18. The quantitative estimate of drug-likeness (QED) is 0.223. The van der Waals surface area contributed by atoms with Crippen LogP contribution in [0.5, 0.6) is 0 Å². The maximum atomic E-state index is 12.6. The third-order valence-electron chi connectivity index (χ3n) is 4.22. The van der Waals surface area contributed by atoms with Gasteiger partial charge in [-0.3, -0.25) is 25.0 Å². The molecule has 0 fully saturated rings. The monoisotopic (exact) mass is 458 g/mol. The molecule has 0 unspecified atom stereocenters. The van der Waals surface area contributed by atoms with Crippen molar-refractivity contribution in [2.75, 3.05) is 36.3 Å². The number of carbonyl (C=O) groups is 1. The molecule has 1 aromatic heterocycles. The summed E-state index contributed by atoms with van der Waals surface area (Å²) in [6, 6.07) is 1.95. The molecule has 0 aliphatic rings. The number of aromatic nitrogens is 2. The van der Waals surface area contributed by atoms with Gasteiger partial charge in [-0.05, 0) is 12.5 Å². The number of carbonyl (C=O) groups excluding carboxylic acids is 1. The van der Waals surface area contributed by atoms with Gasteiger partial charge in [0.1, 0.15) is 11.3 Å². The Balaban J connectivity index is 2.30. The van der Waals surface area contributed by atoms with Gasteiger partial charge in [0.05, 0.1) is 22.2 Å². The lowest BCUT2D eigenvalue weighted by molar-refractivity contribution is -0.393. The van der Waals surface area contributed by atoms with Crippen molar-refractivity contribution in [1.29, 1.82) is 0 Å². The number of nitro groups is 2. The van der Waals surface area contributed by atoms with E-state index in [4.69, 9.17) is 23.2 Å². The minimum absolute atomic E-state index is 0.0514. The molecular weight excluding hydrogens is 439 g/mol. The molecular formula is C17H20Cl2N6O5. The number of hydrogen-bond donors (Lipinski definition) is 1. The van der Waals surface area contributed by atoms with Gasteiger partial charge in [0.15, 0.2) is 0 Å². The maximum Gasteiger partial charge on any atom is 0.299 e. The zero-order valence-corrected chi connectivity index (χ0v) is 17.4. The van der Waals surface area contributed by atoms with Crippen LogP contribution in [0.25, 0.3) is 0 Å². The fourth-order valence-electron chi connectivity index (χ4n) is 2.83. The average molecular weight is 459 g/mol. The van der Waals surface area contributed by atoms with E-state index in [0.717, 1.165) is 12.1 Å². The van der Waals surface area contributed by atoms with E-state index in [1.807, 2.05) is 4.57 Å². The van der Waals surface area contributed by atoms with E-state index in [2.05, 4.69) is 10.3 Å². The van der Waals surface area contributed by atoms with E-state index in [9.17, 15) is 25.0 Å². The highest BCUT2D eigenvalue weighted by Gasteiger charge is 2.30. The van der Waals surface area contributed by atoms with Gasteiger partial charge in [-0.25, -0.2) is 4.98 Å². The van der Waals surface area contributed by atoms with Gasteiger partial charge in [0.2, 0.25) is 0 Å². The van der Waals surface area contributed by atoms with Crippen molar-refractivity contribution in [3.8, 4) is 0 Å². The van der Waals surface area contributed by atoms with E-state index >= 15 is 0 Å². The Morgan fingerprint density at radius 1 is 1.13 bits per heavy atom. The van der Waals surface area contributed by atoms with E-state index in [0.29, 0.717) is 13.0 Å². The Morgan fingerprint density at radius 2 is 1.80 bits per heavy atom. The van der Waals surface area contributed by atoms with Crippen LogP contribution in [0.15, 0.2) is 30.9 Å².